The van der Waals surface area contributed by atoms with Crippen LogP contribution in [0, 0.1) is 12.7 Å². The Morgan fingerprint density at radius 2 is 2.12 bits per heavy atom. The van der Waals surface area contributed by atoms with Crippen LogP contribution in [0.3, 0.4) is 0 Å². The summed E-state index contributed by atoms with van der Waals surface area (Å²) in [6.07, 6.45) is 0. The van der Waals surface area contributed by atoms with Crippen molar-refractivity contribution in [2.75, 3.05) is 6.61 Å². The zero-order valence-corrected chi connectivity index (χ0v) is 12.6. The molecule has 1 rings (SSSR count). The number of hydrogen-bond donors (Lipinski definition) is 0. The third-order valence-electron chi connectivity index (χ3n) is 1.95. The topological polar surface area (TPSA) is 66.4 Å². The van der Waals surface area contributed by atoms with Gasteiger partial charge >= 0.3 is 35.5 Å². The fraction of sp³-hybridized carbons (Fsp3) is 0.300. The van der Waals surface area contributed by atoms with Crippen molar-refractivity contribution in [2.24, 2.45) is 0 Å². The molecule has 1 aromatic rings. The second kappa shape index (κ2) is 7.23. The van der Waals surface area contributed by atoms with E-state index >= 15 is 0 Å². The van der Waals surface area contributed by atoms with Crippen molar-refractivity contribution < 1.29 is 52.2 Å². The van der Waals surface area contributed by atoms with Crippen molar-refractivity contribution in [3.05, 3.63) is 29.1 Å². The molecule has 1 unspecified atom stereocenters. The monoisotopic (exact) mass is 268 g/mol. The quantitative estimate of drug-likeness (QED) is 0.382. The molecule has 4 nitrogen and oxygen atoms in total. The maximum absolute atomic E-state index is 13.2. The van der Waals surface area contributed by atoms with Gasteiger partial charge in [-0.25, -0.2) is 9.18 Å². The van der Waals surface area contributed by atoms with E-state index in [0.717, 1.165) is 12.1 Å². The fourth-order valence-electron chi connectivity index (χ4n) is 1.21. The summed E-state index contributed by atoms with van der Waals surface area (Å²) in [4.78, 5) is 10.9. The molecular formula is C10H10FNaO4S. The molecule has 0 saturated carbocycles. The van der Waals surface area contributed by atoms with Gasteiger partial charge in [0.2, 0.25) is 0 Å². The minimum absolute atomic E-state index is 0. The number of esters is 1. The number of halogens is 1. The molecule has 0 N–H and O–H groups in total. The summed E-state index contributed by atoms with van der Waals surface area (Å²) in [5.41, 5.74) is 0.396. The second-order valence-corrected chi connectivity index (χ2v) is 3.96. The Balaban J connectivity index is 0.00000256. The van der Waals surface area contributed by atoms with Crippen LogP contribution in [0.2, 0.25) is 0 Å². The van der Waals surface area contributed by atoms with Gasteiger partial charge in [0.05, 0.1) is 17.1 Å². The standard InChI is InChI=1S/C10H11FO4S.Na/c1-3-15-10(12)7-5-9(16(13)14)8(11)4-6(7)2;/h4-5H,3H2,1-2H3,(H,13,14);/q;+1/p-1. The van der Waals surface area contributed by atoms with E-state index in [4.69, 9.17) is 4.74 Å². The summed E-state index contributed by atoms with van der Waals surface area (Å²) in [6, 6.07) is 1.98. The average Bonchev–Trinajstić information content (AvgIpc) is 2.17. The molecule has 0 radical (unpaired) electrons. The number of carbonyl (C=O) groups is 1. The van der Waals surface area contributed by atoms with Crippen molar-refractivity contribution >= 4 is 17.0 Å². The van der Waals surface area contributed by atoms with Gasteiger partial charge in [-0.3, -0.25) is 4.21 Å². The first-order valence-corrected chi connectivity index (χ1v) is 5.61. The van der Waals surface area contributed by atoms with E-state index in [0.29, 0.717) is 5.56 Å². The summed E-state index contributed by atoms with van der Waals surface area (Å²) >= 11 is -2.71. The number of carbonyl (C=O) groups excluding carboxylic acids is 1. The van der Waals surface area contributed by atoms with Crippen molar-refractivity contribution in [1.82, 2.24) is 0 Å². The van der Waals surface area contributed by atoms with Gasteiger partial charge in [0.1, 0.15) is 5.82 Å². The third kappa shape index (κ3) is 4.15. The van der Waals surface area contributed by atoms with Crippen LogP contribution >= 0.6 is 0 Å². The average molecular weight is 268 g/mol. The molecule has 0 heterocycles. The van der Waals surface area contributed by atoms with Gasteiger partial charge in [-0.15, -0.1) is 0 Å². The molecule has 0 aliphatic carbocycles. The van der Waals surface area contributed by atoms with E-state index in [9.17, 15) is 17.9 Å². The summed E-state index contributed by atoms with van der Waals surface area (Å²) < 4.78 is 39.3. The molecule has 0 spiro atoms. The summed E-state index contributed by atoms with van der Waals surface area (Å²) in [5, 5.41) is 0. The number of benzene rings is 1. The van der Waals surface area contributed by atoms with Crippen LogP contribution in [0.1, 0.15) is 22.8 Å². The number of rotatable bonds is 3. The van der Waals surface area contributed by atoms with Crippen molar-refractivity contribution in [3.63, 3.8) is 0 Å². The Labute approximate surface area is 123 Å². The molecule has 1 aromatic carbocycles. The van der Waals surface area contributed by atoms with Crippen LogP contribution in [-0.4, -0.2) is 21.3 Å². The Morgan fingerprint density at radius 3 is 2.59 bits per heavy atom. The van der Waals surface area contributed by atoms with Crippen LogP contribution in [-0.2, 0) is 15.8 Å². The van der Waals surface area contributed by atoms with Crippen LogP contribution in [0.5, 0.6) is 0 Å². The summed E-state index contributed by atoms with van der Waals surface area (Å²) in [6.45, 7) is 3.31. The number of hydrogen-bond acceptors (Lipinski definition) is 4. The Hall–Kier alpha value is -0.270. The maximum Gasteiger partial charge on any atom is 1.00 e. The molecule has 7 heteroatoms. The number of ether oxygens (including phenoxy) is 1. The molecule has 0 amide bonds. The molecule has 17 heavy (non-hydrogen) atoms. The maximum atomic E-state index is 13.2. The zero-order valence-electron chi connectivity index (χ0n) is 9.78. The van der Waals surface area contributed by atoms with Gasteiger partial charge < -0.3 is 9.29 Å². The number of aryl methyl sites for hydroxylation is 1. The van der Waals surface area contributed by atoms with Gasteiger partial charge in [0, 0.05) is 0 Å². The molecule has 0 aromatic heterocycles. The van der Waals surface area contributed by atoms with Crippen molar-refractivity contribution in [1.29, 1.82) is 0 Å². The van der Waals surface area contributed by atoms with Crippen molar-refractivity contribution in [2.45, 2.75) is 18.7 Å². The molecule has 0 aliphatic rings. The molecule has 0 aliphatic heterocycles. The Bertz CT molecular complexity index is 450. The van der Waals surface area contributed by atoms with Crippen molar-refractivity contribution in [3.8, 4) is 0 Å². The predicted molar refractivity (Wildman–Crippen MR) is 54.3 cm³/mol. The first kappa shape index (κ1) is 16.7. The zero-order chi connectivity index (χ0) is 12.3. The van der Waals surface area contributed by atoms with Gasteiger partial charge in [-0.1, -0.05) is 0 Å². The second-order valence-electron chi connectivity index (χ2n) is 3.05. The van der Waals surface area contributed by atoms with Crippen LogP contribution in [0.25, 0.3) is 0 Å². The fourth-order valence-corrected chi connectivity index (χ4v) is 1.64. The molecule has 0 fully saturated rings. The third-order valence-corrected chi connectivity index (χ3v) is 2.63. The first-order valence-electron chi connectivity index (χ1n) is 4.54. The Kier molecular flexibility index (Phi) is 7.11. The van der Waals surface area contributed by atoms with E-state index < -0.39 is 27.8 Å². The Morgan fingerprint density at radius 1 is 1.53 bits per heavy atom. The van der Waals surface area contributed by atoms with Crippen LogP contribution in [0.15, 0.2) is 17.0 Å². The van der Waals surface area contributed by atoms with Gasteiger partial charge in [0.15, 0.2) is 0 Å². The van der Waals surface area contributed by atoms with E-state index in [1.165, 1.54) is 6.92 Å². The molecular weight excluding hydrogens is 258 g/mol. The normalized spacial score (nSPS) is 11.5. The molecule has 0 bridgehead atoms. The first-order chi connectivity index (χ1) is 7.47. The van der Waals surface area contributed by atoms with E-state index in [-0.39, 0.29) is 41.7 Å². The molecule has 0 saturated heterocycles. The van der Waals surface area contributed by atoms with Crippen LogP contribution < -0.4 is 29.6 Å². The predicted octanol–water partition coefficient (Wildman–Crippen LogP) is -1.45. The van der Waals surface area contributed by atoms with Gasteiger partial charge in [-0.2, -0.15) is 0 Å². The molecule has 1 atom stereocenters. The smallest absolute Gasteiger partial charge is 0.768 e. The summed E-state index contributed by atoms with van der Waals surface area (Å²) in [5.74, 6) is -1.54. The minimum atomic E-state index is -2.71. The summed E-state index contributed by atoms with van der Waals surface area (Å²) in [7, 11) is 0. The largest absolute Gasteiger partial charge is 1.00 e. The van der Waals surface area contributed by atoms with E-state index in [2.05, 4.69) is 0 Å². The van der Waals surface area contributed by atoms with E-state index in [1.54, 1.807) is 6.92 Å². The minimum Gasteiger partial charge on any atom is -0.768 e. The van der Waals surface area contributed by atoms with Crippen LogP contribution in [0.4, 0.5) is 4.39 Å². The SMILES string of the molecule is CCOC(=O)c1cc(S(=O)[O-])c(F)cc1C.[Na+]. The van der Waals surface area contributed by atoms with Gasteiger partial charge in [-0.05, 0) is 42.6 Å². The van der Waals surface area contributed by atoms with Gasteiger partial charge in [0.25, 0.3) is 0 Å². The molecule has 88 valence electrons. The van der Waals surface area contributed by atoms with E-state index in [1.807, 2.05) is 0 Å².